The molecule has 2 heterocycles. The van der Waals surface area contributed by atoms with Crippen molar-refractivity contribution in [1.82, 2.24) is 9.38 Å². The minimum Gasteiger partial charge on any atom is -0.456 e. The molecule has 0 radical (unpaired) electrons. The van der Waals surface area contributed by atoms with E-state index in [1.807, 2.05) is 47.9 Å². The number of pyridine rings is 1. The van der Waals surface area contributed by atoms with Crippen LogP contribution in [0, 0.1) is 10.5 Å². The van der Waals surface area contributed by atoms with Gasteiger partial charge in [-0.3, -0.25) is 0 Å². The van der Waals surface area contributed by atoms with Crippen LogP contribution in [0.1, 0.15) is 21.7 Å². The van der Waals surface area contributed by atoms with Crippen LogP contribution in [-0.4, -0.2) is 15.4 Å². The van der Waals surface area contributed by atoms with E-state index in [9.17, 15) is 4.79 Å². The van der Waals surface area contributed by atoms with Crippen LogP contribution in [0.4, 0.5) is 0 Å². The maximum atomic E-state index is 12.0. The van der Waals surface area contributed by atoms with Crippen LogP contribution in [0.5, 0.6) is 0 Å². The highest BCUT2D eigenvalue weighted by molar-refractivity contribution is 14.1. The fraction of sp³-hybridized carbons (Fsp3) is 0.125. The maximum Gasteiger partial charge on any atom is 0.338 e. The quantitative estimate of drug-likeness (QED) is 0.506. The number of nitrogens with zero attached hydrogens (tertiary/aromatic N) is 2. The molecule has 3 rings (SSSR count). The number of imidazole rings is 1. The first-order valence-electron chi connectivity index (χ1n) is 6.50. The number of aryl methyl sites for hydroxylation is 1. The molecule has 21 heavy (non-hydrogen) atoms. The van der Waals surface area contributed by atoms with E-state index in [0.717, 1.165) is 20.6 Å². The Morgan fingerprint density at radius 1 is 1.24 bits per heavy atom. The van der Waals surface area contributed by atoms with Crippen molar-refractivity contribution in [2.75, 3.05) is 0 Å². The van der Waals surface area contributed by atoms with Crippen molar-refractivity contribution in [1.29, 1.82) is 0 Å². The number of fused-ring (bicyclic) bond motifs is 1. The number of hydrogen-bond donors (Lipinski definition) is 0. The molecule has 2 aromatic heterocycles. The molecule has 0 aliphatic carbocycles. The number of hydrogen-bond acceptors (Lipinski definition) is 3. The Morgan fingerprint density at radius 2 is 2.00 bits per heavy atom. The van der Waals surface area contributed by atoms with Gasteiger partial charge in [0.15, 0.2) is 0 Å². The molecule has 106 valence electrons. The van der Waals surface area contributed by atoms with Crippen molar-refractivity contribution in [3.8, 4) is 0 Å². The minimum atomic E-state index is -0.323. The number of rotatable bonds is 3. The molecule has 0 N–H and O–H groups in total. The molecule has 0 spiro atoms. The Bertz CT molecular complexity index is 794. The van der Waals surface area contributed by atoms with Gasteiger partial charge in [0.25, 0.3) is 0 Å². The zero-order valence-corrected chi connectivity index (χ0v) is 13.6. The third-order valence-corrected chi connectivity index (χ3v) is 3.97. The van der Waals surface area contributed by atoms with Gasteiger partial charge in [-0.1, -0.05) is 6.07 Å². The number of esters is 1. The second kappa shape index (κ2) is 5.85. The summed E-state index contributed by atoms with van der Waals surface area (Å²) in [7, 11) is 0. The average Bonchev–Trinajstić information content (AvgIpc) is 2.81. The lowest BCUT2D eigenvalue weighted by molar-refractivity contribution is 0.0466. The first-order valence-corrected chi connectivity index (χ1v) is 7.58. The van der Waals surface area contributed by atoms with Gasteiger partial charge in [-0.25, -0.2) is 9.78 Å². The summed E-state index contributed by atoms with van der Waals surface area (Å²) in [5.74, 6) is -0.323. The summed E-state index contributed by atoms with van der Waals surface area (Å²) in [5.41, 5.74) is 3.18. The average molecular weight is 392 g/mol. The minimum absolute atomic E-state index is 0.210. The Morgan fingerprint density at radius 3 is 2.76 bits per heavy atom. The van der Waals surface area contributed by atoms with E-state index >= 15 is 0 Å². The molecule has 0 atom stereocenters. The highest BCUT2D eigenvalue weighted by atomic mass is 127. The summed E-state index contributed by atoms with van der Waals surface area (Å²) in [4.78, 5) is 16.5. The van der Waals surface area contributed by atoms with Crippen LogP contribution < -0.4 is 0 Å². The lowest BCUT2D eigenvalue weighted by Gasteiger charge is -2.06. The molecule has 0 fully saturated rings. The highest BCUT2D eigenvalue weighted by Crippen LogP contribution is 2.14. The van der Waals surface area contributed by atoms with Crippen LogP contribution >= 0.6 is 22.6 Å². The largest absolute Gasteiger partial charge is 0.456 e. The van der Waals surface area contributed by atoms with Crippen LogP contribution in [0.2, 0.25) is 0 Å². The summed E-state index contributed by atoms with van der Waals surface area (Å²) >= 11 is 2.20. The molecule has 3 aromatic rings. The maximum absolute atomic E-state index is 12.0. The van der Waals surface area contributed by atoms with Gasteiger partial charge in [-0.15, -0.1) is 0 Å². The van der Waals surface area contributed by atoms with Crippen molar-refractivity contribution in [2.24, 2.45) is 0 Å². The first-order chi connectivity index (χ1) is 10.1. The Kier molecular flexibility index (Phi) is 3.92. The molecule has 5 heteroatoms. The molecule has 0 amide bonds. The molecule has 1 aromatic carbocycles. The fourth-order valence-electron chi connectivity index (χ4n) is 2.14. The van der Waals surface area contributed by atoms with Gasteiger partial charge in [-0.2, -0.15) is 0 Å². The lowest BCUT2D eigenvalue weighted by Crippen LogP contribution is -2.07. The van der Waals surface area contributed by atoms with Crippen molar-refractivity contribution in [3.05, 3.63) is 69.2 Å². The Hall–Kier alpha value is -1.89. The Labute approximate surface area is 135 Å². The summed E-state index contributed by atoms with van der Waals surface area (Å²) < 4.78 is 8.43. The molecule has 4 nitrogen and oxygen atoms in total. The van der Waals surface area contributed by atoms with E-state index in [1.165, 1.54) is 0 Å². The highest BCUT2D eigenvalue weighted by Gasteiger charge is 2.12. The van der Waals surface area contributed by atoms with E-state index in [4.69, 9.17) is 4.74 Å². The van der Waals surface area contributed by atoms with Gasteiger partial charge < -0.3 is 9.14 Å². The number of benzene rings is 1. The summed E-state index contributed by atoms with van der Waals surface area (Å²) in [6, 6.07) is 13.1. The van der Waals surface area contributed by atoms with Gasteiger partial charge in [0.05, 0.1) is 17.0 Å². The smallest absolute Gasteiger partial charge is 0.338 e. The predicted octanol–water partition coefficient (Wildman–Crippen LogP) is 3.60. The van der Waals surface area contributed by atoms with Gasteiger partial charge in [-0.05, 0) is 65.9 Å². The van der Waals surface area contributed by atoms with Crippen LogP contribution in [-0.2, 0) is 11.3 Å². The molecule has 0 unspecified atom stereocenters. The van der Waals surface area contributed by atoms with Gasteiger partial charge in [0.2, 0.25) is 0 Å². The van der Waals surface area contributed by atoms with Gasteiger partial charge in [0, 0.05) is 9.77 Å². The van der Waals surface area contributed by atoms with Crippen LogP contribution in [0.15, 0.2) is 48.7 Å². The predicted molar refractivity (Wildman–Crippen MR) is 88.2 cm³/mol. The van der Waals surface area contributed by atoms with Crippen molar-refractivity contribution in [2.45, 2.75) is 13.5 Å². The van der Waals surface area contributed by atoms with Crippen LogP contribution in [0.25, 0.3) is 5.65 Å². The molecule has 0 bridgehead atoms. The zero-order chi connectivity index (χ0) is 14.8. The SMILES string of the molecule is Cc1nc2ccccn2c1COC(=O)c1ccc(I)cc1. The lowest BCUT2D eigenvalue weighted by atomic mass is 10.2. The van der Waals surface area contributed by atoms with E-state index in [0.29, 0.717) is 5.56 Å². The number of carbonyl (C=O) groups is 1. The first kappa shape index (κ1) is 14.1. The molecular formula is C16H13IN2O2. The third kappa shape index (κ3) is 2.92. The Balaban J connectivity index is 1.79. The third-order valence-electron chi connectivity index (χ3n) is 3.25. The van der Waals surface area contributed by atoms with Crippen molar-refractivity contribution >= 4 is 34.2 Å². The van der Waals surface area contributed by atoms with E-state index in [2.05, 4.69) is 27.6 Å². The molecule has 0 aliphatic rings. The summed E-state index contributed by atoms with van der Waals surface area (Å²) in [6.07, 6.45) is 1.92. The standard InChI is InChI=1S/C16H13IN2O2/c1-11-14(19-9-3-2-4-15(19)18-11)10-21-16(20)12-5-7-13(17)8-6-12/h2-9H,10H2,1H3. The number of halogens is 1. The van der Waals surface area contributed by atoms with Crippen molar-refractivity contribution in [3.63, 3.8) is 0 Å². The number of ether oxygens (including phenoxy) is 1. The summed E-state index contributed by atoms with van der Waals surface area (Å²) in [5, 5.41) is 0. The number of carbonyl (C=O) groups excluding carboxylic acids is 1. The fourth-order valence-corrected chi connectivity index (χ4v) is 2.50. The normalized spacial score (nSPS) is 10.8. The molecule has 0 aliphatic heterocycles. The molecule has 0 saturated carbocycles. The topological polar surface area (TPSA) is 43.6 Å². The second-order valence-corrected chi connectivity index (χ2v) is 5.90. The second-order valence-electron chi connectivity index (χ2n) is 4.66. The monoisotopic (exact) mass is 392 g/mol. The van der Waals surface area contributed by atoms with Gasteiger partial charge in [0.1, 0.15) is 12.3 Å². The van der Waals surface area contributed by atoms with Crippen LogP contribution in [0.3, 0.4) is 0 Å². The zero-order valence-electron chi connectivity index (χ0n) is 11.4. The summed E-state index contributed by atoms with van der Waals surface area (Å²) in [6.45, 7) is 2.13. The van der Waals surface area contributed by atoms with E-state index in [1.54, 1.807) is 12.1 Å². The van der Waals surface area contributed by atoms with Crippen molar-refractivity contribution < 1.29 is 9.53 Å². The van der Waals surface area contributed by atoms with Gasteiger partial charge >= 0.3 is 5.97 Å². The molecular weight excluding hydrogens is 379 g/mol. The number of aromatic nitrogens is 2. The molecule has 0 saturated heterocycles. The van der Waals surface area contributed by atoms with E-state index < -0.39 is 0 Å². The van der Waals surface area contributed by atoms with E-state index in [-0.39, 0.29) is 12.6 Å².